The number of ether oxygens (including phenoxy) is 3. The summed E-state index contributed by atoms with van der Waals surface area (Å²) in [5, 5.41) is 0.129. The molecule has 0 N–H and O–H groups in total. The smallest absolute Gasteiger partial charge is 0.306 e. The lowest BCUT2D eigenvalue weighted by atomic mass is 10.1. The van der Waals surface area contributed by atoms with Crippen molar-refractivity contribution in [1.29, 1.82) is 0 Å². The maximum Gasteiger partial charge on any atom is 0.306 e. The number of hydrogen-bond acceptors (Lipinski definition) is 5. The highest BCUT2D eigenvalue weighted by atomic mass is 28.4. The molecule has 1 aromatic rings. The maximum absolute atomic E-state index is 11.4. The normalized spacial score (nSPS) is 12.8. The molecule has 34 heavy (non-hydrogen) atoms. The lowest BCUT2D eigenvalue weighted by Gasteiger charge is -2.38. The molecule has 0 heterocycles. The molecule has 0 spiro atoms. The van der Waals surface area contributed by atoms with Crippen molar-refractivity contribution >= 4 is 14.3 Å². The van der Waals surface area contributed by atoms with Crippen LogP contribution in [0.15, 0.2) is 36.4 Å². The highest BCUT2D eigenvalue weighted by molar-refractivity contribution is 6.74. The number of unbranched alkanes of at least 4 members (excludes halogenated alkanes) is 1. The van der Waals surface area contributed by atoms with Crippen LogP contribution in [0.25, 0.3) is 0 Å². The molecule has 6 heteroatoms. The first-order valence-electron chi connectivity index (χ1n) is 12.3. The predicted molar refractivity (Wildman–Crippen MR) is 141 cm³/mol. The second-order valence-electron chi connectivity index (χ2n) is 9.80. The van der Waals surface area contributed by atoms with Crippen molar-refractivity contribution in [1.82, 2.24) is 0 Å². The molecule has 0 unspecified atom stereocenters. The quantitative estimate of drug-likeness (QED) is 0.127. The van der Waals surface area contributed by atoms with Crippen molar-refractivity contribution in [3.63, 3.8) is 0 Å². The van der Waals surface area contributed by atoms with Crippen LogP contribution in [0.3, 0.4) is 0 Å². The van der Waals surface area contributed by atoms with Gasteiger partial charge in [0.15, 0.2) is 8.32 Å². The number of carbonyl (C=O) groups is 1. The van der Waals surface area contributed by atoms with Crippen LogP contribution in [0.2, 0.25) is 18.1 Å². The third kappa shape index (κ3) is 12.4. The van der Waals surface area contributed by atoms with Gasteiger partial charge in [-0.1, -0.05) is 50.8 Å². The summed E-state index contributed by atoms with van der Waals surface area (Å²) in [4.78, 5) is 11.4. The fourth-order valence-corrected chi connectivity index (χ4v) is 4.10. The Morgan fingerprint density at radius 3 is 2.47 bits per heavy atom. The van der Waals surface area contributed by atoms with Crippen LogP contribution >= 0.6 is 0 Å². The highest BCUT2D eigenvalue weighted by Crippen LogP contribution is 2.37. The van der Waals surface area contributed by atoms with Crippen molar-refractivity contribution < 1.29 is 23.4 Å². The topological polar surface area (TPSA) is 54.0 Å². The summed E-state index contributed by atoms with van der Waals surface area (Å²) in [5.41, 5.74) is 1.14. The number of benzene rings is 1. The molecule has 1 atom stereocenters. The van der Waals surface area contributed by atoms with Crippen LogP contribution in [0.4, 0.5) is 0 Å². The first-order valence-corrected chi connectivity index (χ1v) is 15.2. The average Bonchev–Trinajstić information content (AvgIpc) is 2.77. The van der Waals surface area contributed by atoms with E-state index < -0.39 is 8.32 Å². The van der Waals surface area contributed by atoms with E-state index in [0.29, 0.717) is 32.7 Å². The second-order valence-corrected chi connectivity index (χ2v) is 14.6. The number of allylic oxidation sites excluding steroid dienone is 2. The maximum atomic E-state index is 11.4. The molecule has 0 amide bonds. The number of methoxy groups -OCH3 is 1. The van der Waals surface area contributed by atoms with Gasteiger partial charge in [-0.25, -0.2) is 0 Å². The SMILES string of the molecule is CCOC(=O)CC/C=C/C#C[C@@H](CCCCOCc1ccc(OC)cc1)O[Si](C)(C)C(C)(C)C. The molecule has 1 rings (SSSR count). The summed E-state index contributed by atoms with van der Waals surface area (Å²) in [6, 6.07) is 7.95. The van der Waals surface area contributed by atoms with E-state index in [1.54, 1.807) is 7.11 Å². The van der Waals surface area contributed by atoms with Gasteiger partial charge in [-0.15, -0.1) is 0 Å². The number of hydrogen-bond donors (Lipinski definition) is 0. The minimum Gasteiger partial charge on any atom is -0.497 e. The van der Waals surface area contributed by atoms with Crippen LogP contribution in [-0.2, 0) is 25.3 Å². The molecule has 0 saturated heterocycles. The van der Waals surface area contributed by atoms with Crippen molar-refractivity contribution in [3.8, 4) is 17.6 Å². The zero-order valence-electron chi connectivity index (χ0n) is 22.2. The van der Waals surface area contributed by atoms with Crippen LogP contribution < -0.4 is 4.74 Å². The van der Waals surface area contributed by atoms with E-state index in [4.69, 9.17) is 18.6 Å². The molecule has 1 aromatic carbocycles. The zero-order valence-corrected chi connectivity index (χ0v) is 23.2. The fraction of sp³-hybridized carbons (Fsp3) is 0.607. The van der Waals surface area contributed by atoms with E-state index in [2.05, 4.69) is 45.7 Å². The molecule has 0 radical (unpaired) electrons. The Balaban J connectivity index is 2.51. The summed E-state index contributed by atoms with van der Waals surface area (Å²) in [7, 11) is -0.257. The lowest BCUT2D eigenvalue weighted by molar-refractivity contribution is -0.143. The Morgan fingerprint density at radius 1 is 1.15 bits per heavy atom. The van der Waals surface area contributed by atoms with Gasteiger partial charge in [0.1, 0.15) is 11.9 Å². The van der Waals surface area contributed by atoms with Crippen molar-refractivity contribution in [2.75, 3.05) is 20.3 Å². The van der Waals surface area contributed by atoms with Crippen LogP contribution in [0.1, 0.15) is 65.4 Å². The van der Waals surface area contributed by atoms with E-state index in [0.717, 1.165) is 30.6 Å². The van der Waals surface area contributed by atoms with Gasteiger partial charge in [-0.2, -0.15) is 0 Å². The van der Waals surface area contributed by atoms with E-state index in [-0.39, 0.29) is 17.1 Å². The van der Waals surface area contributed by atoms with E-state index in [9.17, 15) is 4.79 Å². The Labute approximate surface area is 208 Å². The number of rotatable bonds is 14. The molecule has 0 aliphatic heterocycles. The summed E-state index contributed by atoms with van der Waals surface area (Å²) in [6.45, 7) is 14.8. The Morgan fingerprint density at radius 2 is 1.85 bits per heavy atom. The van der Waals surface area contributed by atoms with Gasteiger partial charge in [0.25, 0.3) is 0 Å². The Hall–Kier alpha value is -2.07. The zero-order chi connectivity index (χ0) is 25.5. The molecule has 5 nitrogen and oxygen atoms in total. The van der Waals surface area contributed by atoms with Crippen LogP contribution in [0.5, 0.6) is 5.75 Å². The van der Waals surface area contributed by atoms with Gasteiger partial charge in [-0.05, 0) is 74.5 Å². The summed E-state index contributed by atoms with van der Waals surface area (Å²) in [6.07, 6.45) is 7.48. The lowest BCUT2D eigenvalue weighted by Crippen LogP contribution is -2.43. The molecular weight excluding hydrogens is 444 g/mol. The second kappa shape index (κ2) is 15.8. The first kappa shape index (κ1) is 30.0. The molecule has 0 fully saturated rings. The van der Waals surface area contributed by atoms with Crippen molar-refractivity contribution in [2.45, 2.75) is 90.6 Å². The molecule has 0 bridgehead atoms. The van der Waals surface area contributed by atoms with Crippen LogP contribution in [-0.4, -0.2) is 40.7 Å². The van der Waals surface area contributed by atoms with Gasteiger partial charge in [0, 0.05) is 13.0 Å². The highest BCUT2D eigenvalue weighted by Gasteiger charge is 2.38. The molecule has 190 valence electrons. The van der Waals surface area contributed by atoms with E-state index in [1.165, 1.54) is 0 Å². The van der Waals surface area contributed by atoms with Gasteiger partial charge in [0.05, 0.1) is 20.3 Å². The van der Waals surface area contributed by atoms with E-state index in [1.807, 2.05) is 43.3 Å². The Bertz CT molecular complexity index is 797. The number of esters is 1. The first-order chi connectivity index (χ1) is 16.1. The van der Waals surface area contributed by atoms with Gasteiger partial charge in [0.2, 0.25) is 0 Å². The van der Waals surface area contributed by atoms with Gasteiger partial charge in [-0.3, -0.25) is 4.79 Å². The summed E-state index contributed by atoms with van der Waals surface area (Å²) >= 11 is 0. The van der Waals surface area contributed by atoms with Gasteiger partial charge < -0.3 is 18.6 Å². The monoisotopic (exact) mass is 488 g/mol. The third-order valence-electron chi connectivity index (χ3n) is 5.94. The molecule has 0 aliphatic rings. The van der Waals surface area contributed by atoms with Crippen molar-refractivity contribution in [2.24, 2.45) is 0 Å². The number of carbonyl (C=O) groups excluding carboxylic acids is 1. The standard InChI is InChI=1S/C28H44O5Si/c1-8-32-27(29)17-12-10-9-11-15-26(33-34(6,7)28(2,3)4)16-13-14-22-31-23-24-18-20-25(30-5)21-19-24/h9-10,18-21,26H,8,12-14,16-17,22-23H2,1-7H3/b10-9+/t26-/m0/s1. The van der Waals surface area contributed by atoms with Crippen molar-refractivity contribution in [3.05, 3.63) is 42.0 Å². The summed E-state index contributed by atoms with van der Waals surface area (Å²) in [5.74, 6) is 7.10. The molecule has 0 aliphatic carbocycles. The minimum absolute atomic E-state index is 0.0998. The fourth-order valence-electron chi connectivity index (χ4n) is 2.86. The third-order valence-corrected chi connectivity index (χ3v) is 10.4. The largest absolute Gasteiger partial charge is 0.497 e. The van der Waals surface area contributed by atoms with Gasteiger partial charge >= 0.3 is 5.97 Å². The molecule has 0 saturated carbocycles. The molecule has 0 aromatic heterocycles. The van der Waals surface area contributed by atoms with Crippen LogP contribution in [0, 0.1) is 11.8 Å². The molecular formula is C28H44O5Si. The average molecular weight is 489 g/mol. The Kier molecular flexibility index (Phi) is 13.9. The predicted octanol–water partition coefficient (Wildman–Crippen LogP) is 6.68. The van der Waals surface area contributed by atoms with E-state index >= 15 is 0 Å². The minimum atomic E-state index is -1.92. The summed E-state index contributed by atoms with van der Waals surface area (Å²) < 4.78 is 22.5.